The second-order valence-corrected chi connectivity index (χ2v) is 6.44. The van der Waals surface area contributed by atoms with Gasteiger partial charge in [0.15, 0.2) is 0 Å². The van der Waals surface area contributed by atoms with E-state index in [1.54, 1.807) is 6.07 Å². The summed E-state index contributed by atoms with van der Waals surface area (Å²) in [5.74, 6) is 0.387. The number of guanidine groups is 1. The second kappa shape index (κ2) is 4.85. The average Bonchev–Trinajstić information content (AvgIpc) is 2.31. The van der Waals surface area contributed by atoms with Gasteiger partial charge in [0.1, 0.15) is 4.90 Å². The fourth-order valence-corrected chi connectivity index (χ4v) is 3.24. The van der Waals surface area contributed by atoms with Crippen LogP contribution in [-0.4, -0.2) is 32.9 Å². The van der Waals surface area contributed by atoms with Crippen molar-refractivity contribution in [1.82, 2.24) is 4.90 Å². The Kier molecular flexibility index (Phi) is 3.54. The molecule has 0 saturated heterocycles. The van der Waals surface area contributed by atoms with Gasteiger partial charge in [-0.25, -0.2) is 0 Å². The van der Waals surface area contributed by atoms with Crippen molar-refractivity contribution in [3.05, 3.63) is 23.3 Å². The van der Waals surface area contributed by atoms with Crippen molar-refractivity contribution >= 4 is 21.7 Å². The molecule has 5 nitrogen and oxygen atoms in total. The Hall–Kier alpha value is -1.56. The standard InChI is InChI=1S/C13H19N3O2S/c1-5-6-16(4)13-14-11-7-9(2)10(3)8-12(11)19(17,18)15-13/h7-8H,5-6H2,1-4H3,(H,14,15). The van der Waals surface area contributed by atoms with Crippen molar-refractivity contribution in [3.63, 3.8) is 0 Å². The molecule has 1 aromatic carbocycles. The molecule has 0 amide bonds. The summed E-state index contributed by atoms with van der Waals surface area (Å²) in [5, 5.41) is 3.10. The Morgan fingerprint density at radius 2 is 1.89 bits per heavy atom. The molecule has 1 aliphatic heterocycles. The van der Waals surface area contributed by atoms with E-state index in [0.717, 1.165) is 24.1 Å². The van der Waals surface area contributed by atoms with Crippen LogP contribution in [0.15, 0.2) is 21.4 Å². The zero-order chi connectivity index (χ0) is 14.2. The molecular weight excluding hydrogens is 262 g/mol. The third-order valence-corrected chi connectivity index (χ3v) is 4.55. The minimum atomic E-state index is -3.61. The van der Waals surface area contributed by atoms with Gasteiger partial charge in [0, 0.05) is 13.6 Å². The summed E-state index contributed by atoms with van der Waals surface area (Å²) < 4.78 is 28.3. The van der Waals surface area contributed by atoms with Gasteiger partial charge < -0.3 is 10.2 Å². The highest BCUT2D eigenvalue weighted by Gasteiger charge is 2.26. The molecule has 0 spiro atoms. The third-order valence-electron chi connectivity index (χ3n) is 3.25. The van der Waals surface area contributed by atoms with Crippen LogP contribution in [0.1, 0.15) is 24.5 Å². The SMILES string of the molecule is CCCN(C)C1=NS(=O)(=O)c2cc(C)c(C)cc2N1. The van der Waals surface area contributed by atoms with Gasteiger partial charge in [0.2, 0.25) is 5.96 Å². The van der Waals surface area contributed by atoms with Crippen LogP contribution in [-0.2, 0) is 10.0 Å². The highest BCUT2D eigenvalue weighted by molar-refractivity contribution is 7.90. The Morgan fingerprint density at radius 3 is 2.53 bits per heavy atom. The first-order valence-electron chi connectivity index (χ1n) is 6.29. The zero-order valence-electron chi connectivity index (χ0n) is 11.7. The molecule has 0 fully saturated rings. The Balaban J connectivity index is 2.50. The van der Waals surface area contributed by atoms with E-state index in [2.05, 4.69) is 9.71 Å². The molecule has 19 heavy (non-hydrogen) atoms. The van der Waals surface area contributed by atoms with E-state index in [1.807, 2.05) is 38.8 Å². The van der Waals surface area contributed by atoms with Crippen LogP contribution in [0.5, 0.6) is 0 Å². The van der Waals surface area contributed by atoms with Crippen LogP contribution in [0, 0.1) is 13.8 Å². The second-order valence-electron chi connectivity index (χ2n) is 4.87. The number of nitrogens with zero attached hydrogens (tertiary/aromatic N) is 2. The molecule has 6 heteroatoms. The highest BCUT2D eigenvalue weighted by Crippen LogP contribution is 2.30. The number of anilines is 1. The maximum Gasteiger partial charge on any atom is 0.287 e. The maximum absolute atomic E-state index is 12.2. The lowest BCUT2D eigenvalue weighted by Gasteiger charge is -2.26. The number of sulfonamides is 1. The van der Waals surface area contributed by atoms with E-state index in [-0.39, 0.29) is 4.90 Å². The first-order valence-corrected chi connectivity index (χ1v) is 7.73. The summed E-state index contributed by atoms with van der Waals surface area (Å²) >= 11 is 0. The summed E-state index contributed by atoms with van der Waals surface area (Å²) in [5.41, 5.74) is 2.61. The van der Waals surface area contributed by atoms with Crippen LogP contribution in [0.3, 0.4) is 0 Å². The zero-order valence-corrected chi connectivity index (χ0v) is 12.5. The molecule has 1 N–H and O–H groups in total. The Bertz CT molecular complexity index is 636. The lowest BCUT2D eigenvalue weighted by molar-refractivity contribution is 0.498. The number of fused-ring (bicyclic) bond motifs is 1. The summed E-state index contributed by atoms with van der Waals surface area (Å²) in [7, 11) is -1.78. The summed E-state index contributed by atoms with van der Waals surface area (Å²) in [6, 6.07) is 3.53. The first-order chi connectivity index (χ1) is 8.85. The molecular formula is C13H19N3O2S. The molecule has 1 heterocycles. The number of hydrogen-bond acceptors (Lipinski definition) is 4. The van der Waals surface area contributed by atoms with E-state index in [1.165, 1.54) is 0 Å². The fourth-order valence-electron chi connectivity index (χ4n) is 2.01. The van der Waals surface area contributed by atoms with Gasteiger partial charge in [-0.3, -0.25) is 0 Å². The molecule has 104 valence electrons. The lowest BCUT2D eigenvalue weighted by atomic mass is 10.1. The normalized spacial score (nSPS) is 16.3. The van der Waals surface area contributed by atoms with Gasteiger partial charge in [-0.15, -0.1) is 4.40 Å². The van der Waals surface area contributed by atoms with Gasteiger partial charge in [0.25, 0.3) is 10.0 Å². The van der Waals surface area contributed by atoms with Crippen LogP contribution in [0.4, 0.5) is 5.69 Å². The van der Waals surface area contributed by atoms with Gasteiger partial charge in [-0.05, 0) is 43.5 Å². The summed E-state index contributed by atoms with van der Waals surface area (Å²) in [6.45, 7) is 6.65. The Morgan fingerprint density at radius 1 is 1.26 bits per heavy atom. The third kappa shape index (κ3) is 2.58. The van der Waals surface area contributed by atoms with E-state index < -0.39 is 10.0 Å². The smallest absolute Gasteiger partial charge is 0.287 e. The first kappa shape index (κ1) is 13.9. The van der Waals surface area contributed by atoms with Crippen molar-refractivity contribution in [2.45, 2.75) is 32.1 Å². The van der Waals surface area contributed by atoms with Crippen LogP contribution < -0.4 is 5.32 Å². The molecule has 0 saturated carbocycles. The molecule has 0 bridgehead atoms. The van der Waals surface area contributed by atoms with Gasteiger partial charge in [-0.1, -0.05) is 6.92 Å². The molecule has 1 aliphatic rings. The molecule has 0 radical (unpaired) electrons. The fraction of sp³-hybridized carbons (Fsp3) is 0.462. The number of aryl methyl sites for hydroxylation is 2. The van der Waals surface area contributed by atoms with Crippen molar-refractivity contribution < 1.29 is 8.42 Å². The summed E-state index contributed by atoms with van der Waals surface area (Å²) in [6.07, 6.45) is 0.928. The van der Waals surface area contributed by atoms with Gasteiger partial charge in [0.05, 0.1) is 5.69 Å². The monoisotopic (exact) mass is 281 g/mol. The van der Waals surface area contributed by atoms with Crippen molar-refractivity contribution in [1.29, 1.82) is 0 Å². The molecule has 0 unspecified atom stereocenters. The topological polar surface area (TPSA) is 61.8 Å². The molecule has 2 rings (SSSR count). The van der Waals surface area contributed by atoms with E-state index in [0.29, 0.717) is 11.6 Å². The predicted molar refractivity (Wildman–Crippen MR) is 77.1 cm³/mol. The number of hydrogen-bond donors (Lipinski definition) is 1. The number of benzene rings is 1. The predicted octanol–water partition coefficient (Wildman–Crippen LogP) is 2.12. The molecule has 1 aromatic rings. The van der Waals surface area contributed by atoms with Crippen molar-refractivity contribution in [2.75, 3.05) is 18.9 Å². The largest absolute Gasteiger partial charge is 0.345 e. The molecule has 0 aromatic heterocycles. The van der Waals surface area contributed by atoms with Gasteiger partial charge >= 0.3 is 0 Å². The van der Waals surface area contributed by atoms with E-state index >= 15 is 0 Å². The maximum atomic E-state index is 12.2. The average molecular weight is 281 g/mol. The quantitative estimate of drug-likeness (QED) is 0.902. The number of nitrogens with one attached hydrogen (secondary N) is 1. The minimum Gasteiger partial charge on any atom is -0.345 e. The van der Waals surface area contributed by atoms with Crippen molar-refractivity contribution in [2.24, 2.45) is 4.40 Å². The minimum absolute atomic E-state index is 0.254. The summed E-state index contributed by atoms with van der Waals surface area (Å²) in [4.78, 5) is 2.07. The highest BCUT2D eigenvalue weighted by atomic mass is 32.2. The molecule has 0 aliphatic carbocycles. The van der Waals surface area contributed by atoms with Crippen LogP contribution in [0.25, 0.3) is 0 Å². The van der Waals surface area contributed by atoms with Crippen molar-refractivity contribution in [3.8, 4) is 0 Å². The molecule has 0 atom stereocenters. The lowest BCUT2D eigenvalue weighted by Crippen LogP contribution is -2.36. The van der Waals surface area contributed by atoms with Crippen LogP contribution in [0.2, 0.25) is 0 Å². The van der Waals surface area contributed by atoms with Crippen LogP contribution >= 0.6 is 0 Å². The van der Waals surface area contributed by atoms with E-state index in [4.69, 9.17) is 0 Å². The Labute approximate surface area is 114 Å². The van der Waals surface area contributed by atoms with E-state index in [9.17, 15) is 8.42 Å². The number of rotatable bonds is 2. The van der Waals surface area contributed by atoms with Gasteiger partial charge in [-0.2, -0.15) is 8.42 Å².